The summed E-state index contributed by atoms with van der Waals surface area (Å²) in [6.07, 6.45) is 0. The van der Waals surface area contributed by atoms with E-state index in [4.69, 9.17) is 10.8 Å². The molecule has 0 radical (unpaired) electrons. The Morgan fingerprint density at radius 3 is 2.21 bits per heavy atom. The first kappa shape index (κ1) is 13.4. The van der Waals surface area contributed by atoms with Crippen molar-refractivity contribution in [3.63, 3.8) is 0 Å². The molecule has 0 bridgehead atoms. The number of carboxylic acid groups (broad SMARTS) is 1. The molecule has 0 aromatic heterocycles. The number of carbonyl (C=O) groups is 1. The van der Waals surface area contributed by atoms with Gasteiger partial charge in [-0.05, 0) is 24.6 Å². The van der Waals surface area contributed by atoms with E-state index in [1.54, 1.807) is 24.3 Å². The SMILES string of the molecule is C[C@@](N)(C(=O)O)c1ccc(Br)cc1.Cl. The third-order valence-corrected chi connectivity index (χ3v) is 2.42. The Hall–Kier alpha value is -0.580. The molecule has 0 aliphatic heterocycles. The first-order chi connectivity index (χ1) is 5.94. The molecule has 14 heavy (non-hydrogen) atoms. The van der Waals surface area contributed by atoms with Crippen LogP contribution in [0.3, 0.4) is 0 Å². The average Bonchev–Trinajstić information content (AvgIpc) is 2.04. The summed E-state index contributed by atoms with van der Waals surface area (Å²) in [7, 11) is 0. The van der Waals surface area contributed by atoms with E-state index in [9.17, 15) is 4.79 Å². The van der Waals surface area contributed by atoms with Crippen LogP contribution in [-0.2, 0) is 10.3 Å². The number of hydrogen-bond acceptors (Lipinski definition) is 2. The lowest BCUT2D eigenvalue weighted by Gasteiger charge is -2.19. The lowest BCUT2D eigenvalue weighted by Crippen LogP contribution is -2.41. The Bertz CT molecular complexity index is 324. The molecule has 1 aromatic carbocycles. The molecule has 0 unspecified atom stereocenters. The van der Waals surface area contributed by atoms with E-state index in [0.717, 1.165) is 4.47 Å². The topological polar surface area (TPSA) is 63.3 Å². The van der Waals surface area contributed by atoms with Gasteiger partial charge in [0.2, 0.25) is 0 Å². The van der Waals surface area contributed by atoms with Crippen LogP contribution in [0.2, 0.25) is 0 Å². The van der Waals surface area contributed by atoms with Crippen LogP contribution in [0, 0.1) is 0 Å². The Kier molecular flexibility index (Phi) is 4.58. The molecule has 5 heteroatoms. The molecule has 0 saturated carbocycles. The molecule has 0 aliphatic rings. The zero-order valence-electron chi connectivity index (χ0n) is 7.53. The van der Waals surface area contributed by atoms with Gasteiger partial charge in [0.15, 0.2) is 0 Å². The molecule has 0 aliphatic carbocycles. The molecule has 78 valence electrons. The fraction of sp³-hybridized carbons (Fsp3) is 0.222. The number of nitrogens with two attached hydrogens (primary N) is 1. The second-order valence-corrected chi connectivity index (χ2v) is 3.93. The molecule has 0 saturated heterocycles. The van der Waals surface area contributed by atoms with Gasteiger partial charge in [-0.15, -0.1) is 12.4 Å². The molecule has 1 aromatic rings. The molecule has 1 rings (SSSR count). The van der Waals surface area contributed by atoms with E-state index in [2.05, 4.69) is 15.9 Å². The van der Waals surface area contributed by atoms with Crippen LogP contribution in [0.5, 0.6) is 0 Å². The van der Waals surface area contributed by atoms with Gasteiger partial charge in [-0.25, -0.2) is 4.79 Å². The lowest BCUT2D eigenvalue weighted by atomic mass is 9.94. The molecule has 3 nitrogen and oxygen atoms in total. The van der Waals surface area contributed by atoms with Crippen LogP contribution in [0.15, 0.2) is 28.7 Å². The molecule has 0 spiro atoms. The summed E-state index contributed by atoms with van der Waals surface area (Å²) in [4.78, 5) is 10.8. The summed E-state index contributed by atoms with van der Waals surface area (Å²) in [5.41, 5.74) is 4.88. The third kappa shape index (κ3) is 2.70. The van der Waals surface area contributed by atoms with Gasteiger partial charge in [0.05, 0.1) is 0 Å². The molecule has 1 atom stereocenters. The standard InChI is InChI=1S/C9H10BrNO2.ClH/c1-9(11,8(12)13)6-2-4-7(10)5-3-6;/h2-5H,11H2,1H3,(H,12,13);1H/t9-;/m0./s1. The summed E-state index contributed by atoms with van der Waals surface area (Å²) >= 11 is 3.26. The second kappa shape index (κ2) is 4.77. The number of hydrogen-bond donors (Lipinski definition) is 2. The van der Waals surface area contributed by atoms with Crippen LogP contribution in [0.4, 0.5) is 0 Å². The van der Waals surface area contributed by atoms with Crippen molar-refractivity contribution < 1.29 is 9.90 Å². The summed E-state index contributed by atoms with van der Waals surface area (Å²) in [5, 5.41) is 8.83. The molecular formula is C9H11BrClNO2. The summed E-state index contributed by atoms with van der Waals surface area (Å²) in [6.45, 7) is 1.47. The van der Waals surface area contributed by atoms with Gasteiger partial charge in [0.1, 0.15) is 5.54 Å². The van der Waals surface area contributed by atoms with Crippen molar-refractivity contribution in [2.45, 2.75) is 12.5 Å². The minimum atomic E-state index is -1.32. The van der Waals surface area contributed by atoms with Crippen LogP contribution < -0.4 is 5.73 Å². The normalized spacial score (nSPS) is 13.9. The fourth-order valence-electron chi connectivity index (χ4n) is 0.920. The second-order valence-electron chi connectivity index (χ2n) is 3.01. The maximum Gasteiger partial charge on any atom is 0.328 e. The predicted octanol–water partition coefficient (Wildman–Crippen LogP) is 2.13. The molecule has 0 fully saturated rings. The number of aliphatic carboxylic acids is 1. The van der Waals surface area contributed by atoms with Crippen molar-refractivity contribution in [2.24, 2.45) is 5.73 Å². The van der Waals surface area contributed by atoms with Gasteiger partial charge in [0.25, 0.3) is 0 Å². The lowest BCUT2D eigenvalue weighted by molar-refractivity contribution is -0.143. The van der Waals surface area contributed by atoms with Gasteiger partial charge >= 0.3 is 5.97 Å². The first-order valence-electron chi connectivity index (χ1n) is 3.73. The monoisotopic (exact) mass is 279 g/mol. The highest BCUT2D eigenvalue weighted by atomic mass is 79.9. The summed E-state index contributed by atoms with van der Waals surface area (Å²) < 4.78 is 0.900. The number of halogens is 2. The molecule has 0 heterocycles. The van der Waals surface area contributed by atoms with E-state index < -0.39 is 11.5 Å². The van der Waals surface area contributed by atoms with E-state index in [1.165, 1.54) is 6.92 Å². The molecule has 3 N–H and O–H groups in total. The van der Waals surface area contributed by atoms with Crippen molar-refractivity contribution >= 4 is 34.3 Å². The van der Waals surface area contributed by atoms with Crippen molar-refractivity contribution in [1.29, 1.82) is 0 Å². The Labute approximate surface area is 96.8 Å². The van der Waals surface area contributed by atoms with E-state index in [1.807, 2.05) is 0 Å². The Balaban J connectivity index is 0.00000169. The first-order valence-corrected chi connectivity index (χ1v) is 4.52. The minimum absolute atomic E-state index is 0. The smallest absolute Gasteiger partial charge is 0.328 e. The zero-order chi connectivity index (χ0) is 10.1. The third-order valence-electron chi connectivity index (χ3n) is 1.89. The van der Waals surface area contributed by atoms with Crippen LogP contribution >= 0.6 is 28.3 Å². The van der Waals surface area contributed by atoms with Crippen molar-refractivity contribution in [3.8, 4) is 0 Å². The van der Waals surface area contributed by atoms with Gasteiger partial charge in [-0.1, -0.05) is 28.1 Å². The predicted molar refractivity (Wildman–Crippen MR) is 60.6 cm³/mol. The van der Waals surface area contributed by atoms with Crippen LogP contribution in [-0.4, -0.2) is 11.1 Å². The minimum Gasteiger partial charge on any atom is -0.480 e. The summed E-state index contributed by atoms with van der Waals surface area (Å²) in [6, 6.07) is 6.92. The molecule has 0 amide bonds. The fourth-order valence-corrected chi connectivity index (χ4v) is 1.18. The highest BCUT2D eigenvalue weighted by molar-refractivity contribution is 9.10. The van der Waals surface area contributed by atoms with Gasteiger partial charge < -0.3 is 10.8 Å². The van der Waals surface area contributed by atoms with Gasteiger partial charge in [-0.3, -0.25) is 0 Å². The average molecular weight is 281 g/mol. The Morgan fingerprint density at radius 1 is 1.43 bits per heavy atom. The van der Waals surface area contributed by atoms with E-state index >= 15 is 0 Å². The summed E-state index contributed by atoms with van der Waals surface area (Å²) in [5.74, 6) is -1.03. The van der Waals surface area contributed by atoms with E-state index in [0.29, 0.717) is 5.56 Å². The van der Waals surface area contributed by atoms with Crippen molar-refractivity contribution in [3.05, 3.63) is 34.3 Å². The number of rotatable bonds is 2. The highest BCUT2D eigenvalue weighted by Gasteiger charge is 2.29. The quantitative estimate of drug-likeness (QED) is 0.872. The maximum atomic E-state index is 10.8. The highest BCUT2D eigenvalue weighted by Crippen LogP contribution is 2.20. The van der Waals surface area contributed by atoms with Crippen LogP contribution in [0.1, 0.15) is 12.5 Å². The van der Waals surface area contributed by atoms with Crippen LogP contribution in [0.25, 0.3) is 0 Å². The largest absolute Gasteiger partial charge is 0.480 e. The van der Waals surface area contributed by atoms with Gasteiger partial charge in [-0.2, -0.15) is 0 Å². The van der Waals surface area contributed by atoms with E-state index in [-0.39, 0.29) is 12.4 Å². The zero-order valence-corrected chi connectivity index (χ0v) is 9.93. The molecular weight excluding hydrogens is 269 g/mol. The Morgan fingerprint density at radius 2 is 1.86 bits per heavy atom. The van der Waals surface area contributed by atoms with Crippen molar-refractivity contribution in [2.75, 3.05) is 0 Å². The number of benzene rings is 1. The van der Waals surface area contributed by atoms with Gasteiger partial charge in [0, 0.05) is 4.47 Å². The maximum absolute atomic E-state index is 10.8. The number of carboxylic acids is 1. The van der Waals surface area contributed by atoms with Crippen molar-refractivity contribution in [1.82, 2.24) is 0 Å².